The van der Waals surface area contributed by atoms with Gasteiger partial charge in [-0.25, -0.2) is 0 Å². The molecule has 1 N–H and O–H groups in total. The zero-order chi connectivity index (χ0) is 35.6. The number of benzene rings is 7. The van der Waals surface area contributed by atoms with Crippen molar-refractivity contribution >= 4 is 49.3 Å². The number of nitrogens with zero attached hydrogens (tertiary/aromatic N) is 3. The second-order valence-corrected chi connectivity index (χ2v) is 14.3. The first-order valence-corrected chi connectivity index (χ1v) is 18.8. The van der Waals surface area contributed by atoms with E-state index in [9.17, 15) is 0 Å². The lowest BCUT2D eigenvalue weighted by Gasteiger charge is -2.24. The van der Waals surface area contributed by atoms with Crippen molar-refractivity contribution in [2.75, 3.05) is 0 Å². The first kappa shape index (κ1) is 30.7. The maximum Gasteiger partial charge on any atom is 0.145 e. The standard InChI is InChI=1S/C50H36N4/c1-3-14-33(15-4-1)49-41-22-7-10-23-44(41)51-50(52-49)36-16-13-19-38(30-36)54-46-25-12-9-21-40(46)43-32-35(27-29-48(43)54)34-26-28-47-42(31-34)39-20-8-11-24-45(39)53(47)37-17-5-2-6-18-37/h2-3,5-32,50,52H,1,4H2. The molecule has 256 valence electrons. The van der Waals surface area contributed by atoms with E-state index >= 15 is 0 Å². The van der Waals surface area contributed by atoms with E-state index in [-0.39, 0.29) is 6.17 Å². The van der Waals surface area contributed by atoms with Crippen molar-refractivity contribution in [3.8, 4) is 22.5 Å². The van der Waals surface area contributed by atoms with Crippen molar-refractivity contribution in [2.24, 2.45) is 4.99 Å². The Balaban J connectivity index is 1.03. The molecule has 9 aromatic rings. The van der Waals surface area contributed by atoms with E-state index in [2.05, 4.69) is 196 Å². The van der Waals surface area contributed by atoms with Gasteiger partial charge in [-0.2, -0.15) is 0 Å². The van der Waals surface area contributed by atoms with Crippen molar-refractivity contribution in [2.45, 2.75) is 19.0 Å². The molecule has 1 unspecified atom stereocenters. The Labute approximate surface area is 313 Å². The zero-order valence-corrected chi connectivity index (χ0v) is 29.7. The topological polar surface area (TPSA) is 34.2 Å². The molecule has 2 aliphatic rings. The summed E-state index contributed by atoms with van der Waals surface area (Å²) in [6.07, 6.45) is 8.79. The molecule has 54 heavy (non-hydrogen) atoms. The average Bonchev–Trinajstić information content (AvgIpc) is 3.76. The third-order valence-corrected chi connectivity index (χ3v) is 11.1. The molecular formula is C50H36N4. The molecule has 2 aromatic heterocycles. The maximum atomic E-state index is 5.22. The Hall–Kier alpha value is -6.91. The summed E-state index contributed by atoms with van der Waals surface area (Å²) in [6, 6.07) is 59.4. The second kappa shape index (κ2) is 12.4. The van der Waals surface area contributed by atoms with Gasteiger partial charge in [0.15, 0.2) is 0 Å². The van der Waals surface area contributed by atoms with Gasteiger partial charge in [0.1, 0.15) is 6.17 Å². The number of para-hydroxylation sites is 4. The van der Waals surface area contributed by atoms with Gasteiger partial charge >= 0.3 is 0 Å². The maximum absolute atomic E-state index is 5.22. The Morgan fingerprint density at radius 2 is 1.11 bits per heavy atom. The largest absolute Gasteiger partial charge is 0.359 e. The van der Waals surface area contributed by atoms with Crippen LogP contribution in [0.25, 0.3) is 71.8 Å². The highest BCUT2D eigenvalue weighted by Crippen LogP contribution is 2.38. The van der Waals surface area contributed by atoms with Gasteiger partial charge in [-0.05, 0) is 102 Å². The van der Waals surface area contributed by atoms with Crippen LogP contribution in [0, 0.1) is 0 Å². The summed E-state index contributed by atoms with van der Waals surface area (Å²) >= 11 is 0. The van der Waals surface area contributed by atoms with Crippen LogP contribution in [-0.2, 0) is 0 Å². The van der Waals surface area contributed by atoms with Gasteiger partial charge in [-0.3, -0.25) is 4.99 Å². The fourth-order valence-electron chi connectivity index (χ4n) is 8.65. The van der Waals surface area contributed by atoms with E-state index in [0.29, 0.717) is 0 Å². The van der Waals surface area contributed by atoms with Gasteiger partial charge in [-0.1, -0.05) is 115 Å². The van der Waals surface area contributed by atoms with Crippen LogP contribution in [-0.4, -0.2) is 9.13 Å². The number of hydrogen-bond acceptors (Lipinski definition) is 2. The SMILES string of the molecule is C1=CC(C2=c3ccccc3=NC(c3cccc(-n4c5ccccc5c5cc(-c6ccc7c(c6)c6ccccc6n7-c6ccccc6)ccc54)c3)N2)=CCC1. The van der Waals surface area contributed by atoms with Crippen LogP contribution < -0.4 is 15.9 Å². The number of allylic oxidation sites excluding steroid dienone is 2. The Morgan fingerprint density at radius 1 is 0.500 bits per heavy atom. The molecule has 0 radical (unpaired) electrons. The van der Waals surface area contributed by atoms with Crippen LogP contribution in [0.5, 0.6) is 0 Å². The first-order valence-electron chi connectivity index (χ1n) is 18.8. The first-order chi connectivity index (χ1) is 26.8. The highest BCUT2D eigenvalue weighted by molar-refractivity contribution is 6.12. The predicted octanol–water partition coefficient (Wildman–Crippen LogP) is 10.9. The van der Waals surface area contributed by atoms with Crippen LogP contribution in [0.15, 0.2) is 193 Å². The number of aromatic nitrogens is 2. The predicted molar refractivity (Wildman–Crippen MR) is 224 cm³/mol. The summed E-state index contributed by atoms with van der Waals surface area (Å²) in [6.45, 7) is 0. The lowest BCUT2D eigenvalue weighted by atomic mass is 10.00. The van der Waals surface area contributed by atoms with E-state index in [4.69, 9.17) is 4.99 Å². The van der Waals surface area contributed by atoms with Crippen LogP contribution in [0.2, 0.25) is 0 Å². The molecule has 3 heterocycles. The number of fused-ring (bicyclic) bond motifs is 7. The molecule has 1 aliphatic carbocycles. The van der Waals surface area contributed by atoms with Crippen molar-refractivity contribution in [3.05, 3.63) is 204 Å². The van der Waals surface area contributed by atoms with Gasteiger partial charge < -0.3 is 14.5 Å². The van der Waals surface area contributed by atoms with E-state index in [1.165, 1.54) is 66.0 Å². The minimum Gasteiger partial charge on any atom is -0.359 e. The molecule has 11 rings (SSSR count). The van der Waals surface area contributed by atoms with E-state index in [0.717, 1.165) is 40.4 Å². The van der Waals surface area contributed by atoms with E-state index < -0.39 is 0 Å². The summed E-state index contributed by atoms with van der Waals surface area (Å²) in [5.41, 5.74) is 13.0. The molecular weight excluding hydrogens is 657 g/mol. The second-order valence-electron chi connectivity index (χ2n) is 14.3. The number of nitrogens with one attached hydrogen (secondary N) is 1. The minimum absolute atomic E-state index is 0.200. The molecule has 0 saturated heterocycles. The van der Waals surface area contributed by atoms with Crippen molar-refractivity contribution in [3.63, 3.8) is 0 Å². The molecule has 7 aromatic carbocycles. The van der Waals surface area contributed by atoms with Gasteiger partial charge in [0.25, 0.3) is 0 Å². The third-order valence-electron chi connectivity index (χ3n) is 11.1. The third kappa shape index (κ3) is 4.87. The summed E-state index contributed by atoms with van der Waals surface area (Å²) in [5.74, 6) is 0. The lowest BCUT2D eigenvalue weighted by molar-refractivity contribution is 0.633. The smallest absolute Gasteiger partial charge is 0.145 e. The quantitative estimate of drug-likeness (QED) is 0.191. The lowest BCUT2D eigenvalue weighted by Crippen LogP contribution is -2.40. The molecule has 0 fully saturated rings. The molecule has 0 spiro atoms. The normalized spacial score (nSPS) is 15.4. The molecule has 4 heteroatoms. The number of rotatable bonds is 5. The van der Waals surface area contributed by atoms with E-state index in [1.54, 1.807) is 0 Å². The zero-order valence-electron chi connectivity index (χ0n) is 29.7. The van der Waals surface area contributed by atoms with Gasteiger partial charge in [0.2, 0.25) is 0 Å². The van der Waals surface area contributed by atoms with Gasteiger partial charge in [0, 0.05) is 38.1 Å². The van der Waals surface area contributed by atoms with Crippen molar-refractivity contribution in [1.82, 2.24) is 14.5 Å². The van der Waals surface area contributed by atoms with Crippen LogP contribution >= 0.6 is 0 Å². The van der Waals surface area contributed by atoms with Crippen molar-refractivity contribution < 1.29 is 0 Å². The molecule has 4 nitrogen and oxygen atoms in total. The fourth-order valence-corrected chi connectivity index (χ4v) is 8.65. The summed E-state index contributed by atoms with van der Waals surface area (Å²) in [5, 5.41) is 11.0. The Morgan fingerprint density at radius 3 is 1.81 bits per heavy atom. The monoisotopic (exact) mass is 692 g/mol. The summed E-state index contributed by atoms with van der Waals surface area (Å²) in [4.78, 5) is 5.22. The summed E-state index contributed by atoms with van der Waals surface area (Å²) in [7, 11) is 0. The Bertz CT molecular complexity index is 3140. The summed E-state index contributed by atoms with van der Waals surface area (Å²) < 4.78 is 4.78. The molecule has 1 aliphatic heterocycles. The van der Waals surface area contributed by atoms with Crippen LogP contribution in [0.3, 0.4) is 0 Å². The molecule has 1 atom stereocenters. The minimum atomic E-state index is -0.200. The van der Waals surface area contributed by atoms with Crippen LogP contribution in [0.1, 0.15) is 24.6 Å². The van der Waals surface area contributed by atoms with Gasteiger partial charge in [0.05, 0.1) is 33.1 Å². The van der Waals surface area contributed by atoms with E-state index in [1.807, 2.05) is 0 Å². The number of hydrogen-bond donors (Lipinski definition) is 1. The molecule has 0 amide bonds. The van der Waals surface area contributed by atoms with Crippen LogP contribution in [0.4, 0.5) is 0 Å². The molecule has 0 saturated carbocycles. The Kier molecular flexibility index (Phi) is 7.02. The molecule has 0 bridgehead atoms. The van der Waals surface area contributed by atoms with Gasteiger partial charge in [-0.15, -0.1) is 0 Å². The fraction of sp³-hybridized carbons (Fsp3) is 0.0600. The van der Waals surface area contributed by atoms with Crippen molar-refractivity contribution in [1.29, 1.82) is 0 Å². The highest BCUT2D eigenvalue weighted by atomic mass is 15.1. The highest BCUT2D eigenvalue weighted by Gasteiger charge is 2.21. The average molecular weight is 693 g/mol.